The molecule has 210 valence electrons. The molecule has 1 heterocycles. The molecule has 0 saturated heterocycles. The van der Waals surface area contributed by atoms with Crippen LogP contribution in [0.5, 0.6) is 5.75 Å². The van der Waals surface area contributed by atoms with E-state index in [1.165, 1.54) is 0 Å². The van der Waals surface area contributed by atoms with E-state index >= 15 is 0 Å². The van der Waals surface area contributed by atoms with Crippen LogP contribution >= 0.6 is 23.2 Å². The zero-order valence-corrected chi connectivity index (χ0v) is 23.9. The number of aliphatic hydroxyl groups excluding tert-OH is 1. The summed E-state index contributed by atoms with van der Waals surface area (Å²) in [6.45, 7) is 4.70. The van der Waals surface area contributed by atoms with Gasteiger partial charge < -0.3 is 19.9 Å². The van der Waals surface area contributed by atoms with Crippen molar-refractivity contribution in [2.24, 2.45) is 4.99 Å². The van der Waals surface area contributed by atoms with Gasteiger partial charge in [0, 0.05) is 47.2 Å². The highest BCUT2D eigenvalue weighted by Gasteiger charge is 2.53. The van der Waals surface area contributed by atoms with Gasteiger partial charge in [0.1, 0.15) is 5.75 Å². The minimum atomic E-state index is -1.37. The summed E-state index contributed by atoms with van der Waals surface area (Å²) in [5, 5.41) is 15.1. The molecule has 8 heteroatoms. The number of benzene rings is 4. The van der Waals surface area contributed by atoms with Crippen LogP contribution in [0, 0.1) is 0 Å². The Morgan fingerprint density at radius 1 is 1.07 bits per heavy atom. The highest BCUT2D eigenvalue weighted by Crippen LogP contribution is 2.45. The second-order valence-electron chi connectivity index (χ2n) is 9.77. The summed E-state index contributed by atoms with van der Waals surface area (Å²) in [7, 11) is 0. The van der Waals surface area contributed by atoms with E-state index in [9.17, 15) is 4.79 Å². The summed E-state index contributed by atoms with van der Waals surface area (Å²) in [6, 6.07) is 26.4. The number of hydrogen-bond donors (Lipinski definition) is 2. The second-order valence-corrected chi connectivity index (χ2v) is 10.6. The molecule has 0 radical (unpaired) electrons. The Balaban J connectivity index is 1.50. The third-order valence-electron chi connectivity index (χ3n) is 7.05. The maximum absolute atomic E-state index is 14.2. The summed E-state index contributed by atoms with van der Waals surface area (Å²) < 4.78 is 12.1. The molecule has 2 atom stereocenters. The Hall–Kier alpha value is -3.84. The van der Waals surface area contributed by atoms with Gasteiger partial charge in [-0.05, 0) is 52.7 Å². The van der Waals surface area contributed by atoms with Crippen molar-refractivity contribution in [1.29, 1.82) is 0 Å². The summed E-state index contributed by atoms with van der Waals surface area (Å²) >= 11 is 12.8. The highest BCUT2D eigenvalue weighted by molar-refractivity contribution is 6.35. The zero-order valence-electron chi connectivity index (χ0n) is 22.4. The van der Waals surface area contributed by atoms with E-state index in [-0.39, 0.29) is 18.9 Å². The lowest BCUT2D eigenvalue weighted by atomic mass is 9.84. The Kier molecular flexibility index (Phi) is 8.93. The number of nitrogens with zero attached hydrogens (tertiary/aromatic N) is 1. The van der Waals surface area contributed by atoms with Crippen LogP contribution < -0.4 is 10.1 Å². The molecule has 0 aromatic heterocycles. The molecular formula is C33H30Cl2N2O4. The molecule has 4 aromatic carbocycles. The molecule has 41 heavy (non-hydrogen) atoms. The fraction of sp³-hybridized carbons (Fsp3) is 0.212. The summed E-state index contributed by atoms with van der Waals surface area (Å²) in [4.78, 5) is 19.1. The third kappa shape index (κ3) is 6.10. The number of aliphatic imine (C=N–C) groups is 1. The molecule has 2 N–H and O–H groups in total. The monoisotopic (exact) mass is 588 g/mol. The first kappa shape index (κ1) is 28.7. The van der Waals surface area contributed by atoms with E-state index in [4.69, 9.17) is 42.8 Å². The number of aliphatic hydroxyl groups is 1. The maximum Gasteiger partial charge on any atom is 0.252 e. The van der Waals surface area contributed by atoms with E-state index in [2.05, 4.69) is 11.9 Å². The summed E-state index contributed by atoms with van der Waals surface area (Å²) in [6.07, 6.45) is 1.60. The molecule has 6 nitrogen and oxygen atoms in total. The number of nitrogens with one attached hydrogen (secondary N) is 1. The first-order valence-electron chi connectivity index (χ1n) is 13.4. The molecule has 1 aliphatic rings. The van der Waals surface area contributed by atoms with Gasteiger partial charge in [-0.15, -0.1) is 6.58 Å². The predicted octanol–water partition coefficient (Wildman–Crippen LogP) is 7.06. The van der Waals surface area contributed by atoms with E-state index in [1.54, 1.807) is 36.4 Å². The number of halogens is 2. The van der Waals surface area contributed by atoms with Crippen molar-refractivity contribution in [3.05, 3.63) is 124 Å². The van der Waals surface area contributed by atoms with Gasteiger partial charge in [0.25, 0.3) is 5.91 Å². The SMILES string of the molecule is C=CC[C@@]1(C(=O)NCc2cccc3ccccc23)N=C(c2ccc(OCCCO)cc2)O[C@@H]1c1ccc(Cl)cc1Cl. The van der Waals surface area contributed by atoms with Crippen molar-refractivity contribution < 1.29 is 19.4 Å². The molecule has 1 aliphatic heterocycles. The molecular weight excluding hydrogens is 559 g/mol. The maximum atomic E-state index is 14.2. The first-order chi connectivity index (χ1) is 19.9. The lowest BCUT2D eigenvalue weighted by Crippen LogP contribution is -2.47. The van der Waals surface area contributed by atoms with Crippen LogP contribution in [0.4, 0.5) is 0 Å². The summed E-state index contributed by atoms with van der Waals surface area (Å²) in [5.74, 6) is 0.661. The van der Waals surface area contributed by atoms with Crippen LogP contribution in [0.3, 0.4) is 0 Å². The normalized spacial score (nSPS) is 18.0. The van der Waals surface area contributed by atoms with Crippen LogP contribution in [-0.4, -0.2) is 35.7 Å². The highest BCUT2D eigenvalue weighted by atomic mass is 35.5. The fourth-order valence-electron chi connectivity index (χ4n) is 5.00. The van der Waals surface area contributed by atoms with Crippen molar-refractivity contribution in [3.63, 3.8) is 0 Å². The third-order valence-corrected chi connectivity index (χ3v) is 7.61. The van der Waals surface area contributed by atoms with Crippen molar-refractivity contribution >= 4 is 45.8 Å². The molecule has 1 amide bonds. The van der Waals surface area contributed by atoms with Gasteiger partial charge in [0.15, 0.2) is 11.6 Å². The Morgan fingerprint density at radius 3 is 2.61 bits per heavy atom. The van der Waals surface area contributed by atoms with Crippen LogP contribution in [0.1, 0.15) is 35.6 Å². The van der Waals surface area contributed by atoms with Crippen LogP contribution in [0.2, 0.25) is 10.0 Å². The zero-order chi connectivity index (χ0) is 28.8. The number of carbonyl (C=O) groups excluding carboxylic acids is 1. The minimum Gasteiger partial charge on any atom is -0.494 e. The first-order valence-corrected chi connectivity index (χ1v) is 14.1. The minimum absolute atomic E-state index is 0.0608. The van der Waals surface area contributed by atoms with Gasteiger partial charge in [-0.3, -0.25) is 4.79 Å². The van der Waals surface area contributed by atoms with E-state index < -0.39 is 11.6 Å². The van der Waals surface area contributed by atoms with E-state index in [1.807, 2.05) is 54.6 Å². The number of hydrogen-bond acceptors (Lipinski definition) is 5. The standard InChI is InChI=1S/C33H30Cl2N2O4/c1-2-17-33(32(39)36-21-24-9-5-8-22-7-3-4-10-27(22)24)30(28-16-13-25(34)20-29(28)35)41-31(37-33)23-11-14-26(15-12-23)40-19-6-18-38/h2-5,7-16,20,30,38H,1,6,17-19,21H2,(H,36,39)/t30-,33-/m1/s1. The largest absolute Gasteiger partial charge is 0.494 e. The topological polar surface area (TPSA) is 80.2 Å². The summed E-state index contributed by atoms with van der Waals surface area (Å²) in [5.41, 5.74) is 0.907. The predicted molar refractivity (Wildman–Crippen MR) is 164 cm³/mol. The molecule has 0 aliphatic carbocycles. The average Bonchev–Trinajstić information content (AvgIpc) is 3.36. The van der Waals surface area contributed by atoms with Crippen molar-refractivity contribution in [1.82, 2.24) is 5.32 Å². The lowest BCUT2D eigenvalue weighted by molar-refractivity contribution is -0.129. The van der Waals surface area contributed by atoms with E-state index in [0.717, 1.165) is 16.3 Å². The Labute approximate surface area is 249 Å². The average molecular weight is 590 g/mol. The van der Waals surface area contributed by atoms with Crippen LogP contribution in [0.15, 0.2) is 103 Å². The van der Waals surface area contributed by atoms with Crippen LogP contribution in [0.25, 0.3) is 10.8 Å². The molecule has 0 bridgehead atoms. The van der Waals surface area contributed by atoms with Gasteiger partial charge in [0.2, 0.25) is 5.90 Å². The lowest BCUT2D eigenvalue weighted by Gasteiger charge is -2.30. The quantitative estimate of drug-likeness (QED) is 0.145. The van der Waals surface area contributed by atoms with E-state index in [0.29, 0.717) is 52.4 Å². The van der Waals surface area contributed by atoms with Crippen molar-refractivity contribution in [2.45, 2.75) is 31.0 Å². The fourth-order valence-corrected chi connectivity index (χ4v) is 5.51. The van der Waals surface area contributed by atoms with Gasteiger partial charge in [-0.1, -0.05) is 77.8 Å². The number of rotatable bonds is 11. The van der Waals surface area contributed by atoms with Crippen molar-refractivity contribution in [3.8, 4) is 5.75 Å². The van der Waals surface area contributed by atoms with Gasteiger partial charge >= 0.3 is 0 Å². The Morgan fingerprint density at radius 2 is 1.85 bits per heavy atom. The number of fused-ring (bicyclic) bond motifs is 1. The van der Waals surface area contributed by atoms with Gasteiger partial charge in [0.05, 0.1) is 6.61 Å². The Bertz CT molecular complexity index is 1580. The van der Waals surface area contributed by atoms with Gasteiger partial charge in [-0.2, -0.15) is 0 Å². The number of carbonyl (C=O) groups is 1. The molecule has 0 saturated carbocycles. The molecule has 4 aromatic rings. The molecule has 5 rings (SSSR count). The van der Waals surface area contributed by atoms with Crippen molar-refractivity contribution in [2.75, 3.05) is 13.2 Å². The second kappa shape index (κ2) is 12.8. The van der Waals surface area contributed by atoms with Gasteiger partial charge in [-0.25, -0.2) is 4.99 Å². The molecule has 0 spiro atoms. The molecule has 0 fully saturated rings. The smallest absolute Gasteiger partial charge is 0.252 e. The number of ether oxygens (including phenoxy) is 2. The van der Waals surface area contributed by atoms with Crippen LogP contribution in [-0.2, 0) is 16.1 Å². The number of amides is 1. The molecule has 0 unspecified atom stereocenters.